The normalized spacial score (nSPS) is 13.6. The van der Waals surface area contributed by atoms with Gasteiger partial charge in [0.1, 0.15) is 17.3 Å². The van der Waals surface area contributed by atoms with Crippen LogP contribution in [0.3, 0.4) is 0 Å². The van der Waals surface area contributed by atoms with Crippen LogP contribution in [-0.2, 0) is 30.7 Å². The fraction of sp³-hybridized carbons (Fsp3) is 0.579. The molecule has 3 rings (SSSR count). The van der Waals surface area contributed by atoms with Gasteiger partial charge in [0, 0.05) is 45.6 Å². The number of fused-ring (bicyclic) bond motifs is 1. The Bertz CT molecular complexity index is 815. The van der Waals surface area contributed by atoms with E-state index in [1.54, 1.807) is 6.92 Å². The van der Waals surface area contributed by atoms with Gasteiger partial charge >= 0.3 is 0 Å². The van der Waals surface area contributed by atoms with Crippen LogP contribution in [0, 0.1) is 5.92 Å². The van der Waals surface area contributed by atoms with Crippen molar-refractivity contribution in [1.29, 1.82) is 0 Å². The molecule has 0 radical (unpaired) electrons. The molecule has 2 aromatic heterocycles. The van der Waals surface area contributed by atoms with Gasteiger partial charge in [0.05, 0.1) is 18.8 Å². The number of rotatable bonds is 6. The smallest absolute Gasteiger partial charge is 0.227 e. The second-order valence-corrected chi connectivity index (χ2v) is 7.62. The third kappa shape index (κ3) is 4.56. The highest BCUT2D eigenvalue weighted by Crippen LogP contribution is 2.26. The van der Waals surface area contributed by atoms with Gasteiger partial charge in [-0.05, 0) is 12.3 Å². The summed E-state index contributed by atoms with van der Waals surface area (Å²) in [6.07, 6.45) is 1.62. The third-order valence-corrected chi connectivity index (χ3v) is 4.55. The minimum atomic E-state index is 0.0699. The van der Waals surface area contributed by atoms with Gasteiger partial charge in [-0.2, -0.15) is 4.98 Å². The molecule has 8 heteroatoms. The van der Waals surface area contributed by atoms with Crippen LogP contribution in [0.4, 0.5) is 11.8 Å². The number of nitrogens with zero attached hydrogens (tertiary/aromatic N) is 5. The van der Waals surface area contributed by atoms with Crippen molar-refractivity contribution in [3.8, 4) is 0 Å². The summed E-state index contributed by atoms with van der Waals surface area (Å²) in [6.45, 7) is 7.64. The molecule has 2 aromatic rings. The first-order chi connectivity index (χ1) is 12.8. The van der Waals surface area contributed by atoms with E-state index in [1.165, 1.54) is 0 Å². The number of aromatic nitrogens is 3. The van der Waals surface area contributed by atoms with E-state index in [1.807, 2.05) is 30.0 Å². The average molecular weight is 372 g/mol. The minimum absolute atomic E-state index is 0.0699. The van der Waals surface area contributed by atoms with Crippen molar-refractivity contribution >= 4 is 17.7 Å². The summed E-state index contributed by atoms with van der Waals surface area (Å²) in [7, 11) is 3.82. The highest BCUT2D eigenvalue weighted by Gasteiger charge is 2.24. The van der Waals surface area contributed by atoms with Crippen molar-refractivity contribution in [3.05, 3.63) is 28.8 Å². The number of nitrogens with one attached hydrogen (secondary N) is 1. The molecule has 3 heterocycles. The Hall–Kier alpha value is -2.64. The number of hydrogen-bond acceptors (Lipinski definition) is 7. The topological polar surface area (TPSA) is 87.4 Å². The number of carbonyl (C=O) groups excluding carboxylic acids is 1. The van der Waals surface area contributed by atoms with Gasteiger partial charge in [-0.1, -0.05) is 19.0 Å². The first kappa shape index (κ1) is 19.1. The Morgan fingerprint density at radius 1 is 1.37 bits per heavy atom. The second-order valence-electron chi connectivity index (χ2n) is 7.62. The van der Waals surface area contributed by atoms with Gasteiger partial charge in [0.2, 0.25) is 11.9 Å². The zero-order valence-corrected chi connectivity index (χ0v) is 16.7. The average Bonchev–Trinajstić information content (AvgIpc) is 3.05. The van der Waals surface area contributed by atoms with E-state index < -0.39 is 0 Å². The number of anilines is 2. The summed E-state index contributed by atoms with van der Waals surface area (Å²) < 4.78 is 5.40. The molecular formula is C19H28N6O2. The lowest BCUT2D eigenvalue weighted by Gasteiger charge is -2.29. The maximum absolute atomic E-state index is 11.7. The number of amides is 1. The molecular weight excluding hydrogens is 344 g/mol. The molecule has 0 bridgehead atoms. The Morgan fingerprint density at radius 3 is 2.81 bits per heavy atom. The maximum atomic E-state index is 11.7. The molecule has 1 aliphatic rings. The second kappa shape index (κ2) is 7.94. The van der Waals surface area contributed by atoms with Crippen LogP contribution in [0.5, 0.6) is 0 Å². The molecule has 0 fully saturated rings. The molecule has 1 aliphatic heterocycles. The van der Waals surface area contributed by atoms with Crippen molar-refractivity contribution in [2.45, 2.75) is 46.7 Å². The zero-order valence-electron chi connectivity index (χ0n) is 16.7. The largest absolute Gasteiger partial charge is 0.364 e. The van der Waals surface area contributed by atoms with Gasteiger partial charge in [-0.25, -0.2) is 4.98 Å². The molecule has 8 nitrogen and oxygen atoms in total. The summed E-state index contributed by atoms with van der Waals surface area (Å²) in [6, 6.07) is 1.99. The molecule has 27 heavy (non-hydrogen) atoms. The lowest BCUT2D eigenvalue weighted by molar-refractivity contribution is -0.129. The van der Waals surface area contributed by atoms with E-state index in [9.17, 15) is 4.79 Å². The first-order valence-electron chi connectivity index (χ1n) is 9.34. The van der Waals surface area contributed by atoms with Crippen LogP contribution in [0.2, 0.25) is 0 Å². The molecule has 146 valence electrons. The minimum Gasteiger partial charge on any atom is -0.364 e. The summed E-state index contributed by atoms with van der Waals surface area (Å²) in [5.74, 6) is 2.93. The predicted molar refractivity (Wildman–Crippen MR) is 104 cm³/mol. The van der Waals surface area contributed by atoms with Crippen LogP contribution < -0.4 is 10.2 Å². The van der Waals surface area contributed by atoms with Gasteiger partial charge in [0.25, 0.3) is 0 Å². The molecule has 1 amide bonds. The Labute approximate surface area is 159 Å². The fourth-order valence-electron chi connectivity index (χ4n) is 3.14. The fourth-order valence-corrected chi connectivity index (χ4v) is 3.14. The summed E-state index contributed by atoms with van der Waals surface area (Å²) in [4.78, 5) is 24.7. The van der Waals surface area contributed by atoms with E-state index >= 15 is 0 Å². The lowest BCUT2D eigenvalue weighted by atomic mass is 10.1. The van der Waals surface area contributed by atoms with Crippen molar-refractivity contribution in [2.75, 3.05) is 30.9 Å². The molecule has 0 unspecified atom stereocenters. The van der Waals surface area contributed by atoms with Crippen LogP contribution in [0.15, 0.2) is 10.6 Å². The van der Waals surface area contributed by atoms with Crippen molar-refractivity contribution in [1.82, 2.24) is 20.0 Å². The number of hydrogen-bond donors (Lipinski definition) is 1. The molecule has 0 saturated carbocycles. The van der Waals surface area contributed by atoms with Crippen LogP contribution in [0.1, 0.15) is 43.5 Å². The molecule has 0 saturated heterocycles. The van der Waals surface area contributed by atoms with E-state index in [2.05, 4.69) is 34.3 Å². The zero-order chi connectivity index (χ0) is 19.6. The quantitative estimate of drug-likeness (QED) is 0.832. The monoisotopic (exact) mass is 372 g/mol. The third-order valence-electron chi connectivity index (χ3n) is 4.55. The molecule has 0 aromatic carbocycles. The van der Waals surface area contributed by atoms with E-state index in [0.29, 0.717) is 31.5 Å². The standard InChI is InChI=1S/C19H28N6O2/c1-12(2)8-15-9-14(23-27-15)10-20-18-16-6-7-25(13(3)26)11-17(16)21-19(22-18)24(4)5/h9,12H,6-8,10-11H2,1-5H3,(H,20,21,22). The Kier molecular flexibility index (Phi) is 5.62. The van der Waals surface area contributed by atoms with Crippen LogP contribution in [-0.4, -0.2) is 46.6 Å². The lowest BCUT2D eigenvalue weighted by Crippen LogP contribution is -2.35. The first-order valence-corrected chi connectivity index (χ1v) is 9.34. The van der Waals surface area contributed by atoms with Crippen molar-refractivity contribution < 1.29 is 9.32 Å². The molecule has 0 atom stereocenters. The van der Waals surface area contributed by atoms with Gasteiger partial charge in [0.15, 0.2) is 0 Å². The summed E-state index contributed by atoms with van der Waals surface area (Å²) >= 11 is 0. The Balaban J connectivity index is 1.80. The summed E-state index contributed by atoms with van der Waals surface area (Å²) in [5.41, 5.74) is 2.83. The SMILES string of the molecule is CC(=O)N1CCc2c(nc(N(C)C)nc2NCc2cc(CC(C)C)on2)C1. The summed E-state index contributed by atoms with van der Waals surface area (Å²) in [5, 5.41) is 7.54. The van der Waals surface area contributed by atoms with Gasteiger partial charge < -0.3 is 19.6 Å². The van der Waals surface area contributed by atoms with E-state index in [-0.39, 0.29) is 5.91 Å². The molecule has 0 aliphatic carbocycles. The van der Waals surface area contributed by atoms with E-state index in [4.69, 9.17) is 4.52 Å². The highest BCUT2D eigenvalue weighted by molar-refractivity contribution is 5.73. The highest BCUT2D eigenvalue weighted by atomic mass is 16.5. The van der Waals surface area contributed by atoms with E-state index in [0.717, 1.165) is 41.4 Å². The number of carbonyl (C=O) groups is 1. The van der Waals surface area contributed by atoms with Gasteiger partial charge in [-0.15, -0.1) is 0 Å². The van der Waals surface area contributed by atoms with Crippen LogP contribution >= 0.6 is 0 Å². The van der Waals surface area contributed by atoms with Crippen molar-refractivity contribution in [2.24, 2.45) is 5.92 Å². The van der Waals surface area contributed by atoms with Crippen molar-refractivity contribution in [3.63, 3.8) is 0 Å². The maximum Gasteiger partial charge on any atom is 0.227 e. The molecule has 1 N–H and O–H groups in total. The Morgan fingerprint density at radius 2 is 2.15 bits per heavy atom. The predicted octanol–water partition coefficient (Wildman–Crippen LogP) is 2.25. The molecule has 0 spiro atoms. The van der Waals surface area contributed by atoms with Crippen LogP contribution in [0.25, 0.3) is 0 Å². The van der Waals surface area contributed by atoms with Gasteiger partial charge in [-0.3, -0.25) is 4.79 Å².